The van der Waals surface area contributed by atoms with Crippen LogP contribution in [-0.4, -0.2) is 56.5 Å². The summed E-state index contributed by atoms with van der Waals surface area (Å²) in [5, 5.41) is 0. The molecular formula is C27H38O6. The van der Waals surface area contributed by atoms with Crippen LogP contribution in [0.25, 0.3) is 0 Å². The van der Waals surface area contributed by atoms with E-state index < -0.39 is 0 Å². The molecule has 0 N–H and O–H groups in total. The highest BCUT2D eigenvalue weighted by Crippen LogP contribution is 2.40. The minimum atomic E-state index is -0.217. The lowest BCUT2D eigenvalue weighted by molar-refractivity contribution is -0.138. The third-order valence-electron chi connectivity index (χ3n) is 8.19. The standard InChI is InChI=1S/C27H38O6/c1-4-10-18(11-5-1)25-28-16-21(30-25)23-24(33-27(32-23)20-14-8-3-9-15-20)22-17-29-26(31-22)19-12-6-2-7-13-19/h1-4,6,8,18-27H,5,7,9-17H2. The molecule has 3 aliphatic heterocycles. The van der Waals surface area contributed by atoms with E-state index in [2.05, 4.69) is 36.5 Å². The molecular weight excluding hydrogens is 420 g/mol. The van der Waals surface area contributed by atoms with Gasteiger partial charge in [-0.15, -0.1) is 0 Å². The van der Waals surface area contributed by atoms with E-state index in [0.717, 1.165) is 57.8 Å². The quantitative estimate of drug-likeness (QED) is 0.559. The van der Waals surface area contributed by atoms with Crippen molar-refractivity contribution in [3.8, 4) is 0 Å². The molecule has 0 aromatic heterocycles. The van der Waals surface area contributed by atoms with Crippen molar-refractivity contribution in [2.45, 2.75) is 101 Å². The molecule has 3 aliphatic carbocycles. The molecule has 0 aromatic rings. The Morgan fingerprint density at radius 1 is 0.455 bits per heavy atom. The highest BCUT2D eigenvalue weighted by atomic mass is 16.8. The van der Waals surface area contributed by atoms with Crippen LogP contribution >= 0.6 is 0 Å². The van der Waals surface area contributed by atoms with Gasteiger partial charge in [-0.1, -0.05) is 36.5 Å². The van der Waals surface area contributed by atoms with E-state index in [1.165, 1.54) is 0 Å². The van der Waals surface area contributed by atoms with Gasteiger partial charge < -0.3 is 28.4 Å². The van der Waals surface area contributed by atoms with Crippen molar-refractivity contribution in [2.75, 3.05) is 13.2 Å². The largest absolute Gasteiger partial charge is 0.350 e. The van der Waals surface area contributed by atoms with Gasteiger partial charge in [0.1, 0.15) is 24.4 Å². The molecule has 0 spiro atoms. The summed E-state index contributed by atoms with van der Waals surface area (Å²) in [6.45, 7) is 1.11. The summed E-state index contributed by atoms with van der Waals surface area (Å²) in [5.41, 5.74) is 0. The van der Waals surface area contributed by atoms with Crippen molar-refractivity contribution in [3.05, 3.63) is 36.5 Å². The van der Waals surface area contributed by atoms with E-state index >= 15 is 0 Å². The second-order valence-electron chi connectivity index (χ2n) is 10.5. The molecule has 0 radical (unpaired) electrons. The zero-order chi connectivity index (χ0) is 22.0. The van der Waals surface area contributed by atoms with Gasteiger partial charge in [-0.05, 0) is 57.8 Å². The summed E-state index contributed by atoms with van der Waals surface area (Å²) >= 11 is 0. The molecule has 33 heavy (non-hydrogen) atoms. The molecule has 3 heterocycles. The molecule has 6 nitrogen and oxygen atoms in total. The van der Waals surface area contributed by atoms with Crippen LogP contribution in [-0.2, 0) is 28.4 Å². The lowest BCUT2D eigenvalue weighted by Gasteiger charge is -2.28. The first-order valence-electron chi connectivity index (χ1n) is 13.1. The minimum Gasteiger partial charge on any atom is -0.350 e. The first-order chi connectivity index (χ1) is 16.3. The Kier molecular flexibility index (Phi) is 7.01. The molecule has 182 valence electrons. The molecule has 0 aromatic carbocycles. The third-order valence-corrected chi connectivity index (χ3v) is 8.19. The van der Waals surface area contributed by atoms with Gasteiger partial charge in [0.15, 0.2) is 18.9 Å². The van der Waals surface area contributed by atoms with Crippen molar-refractivity contribution >= 4 is 0 Å². The molecule has 0 bridgehead atoms. The fraction of sp³-hybridized carbons (Fsp3) is 0.778. The van der Waals surface area contributed by atoms with Gasteiger partial charge in [0.05, 0.1) is 13.2 Å². The van der Waals surface area contributed by atoms with Crippen LogP contribution in [0.4, 0.5) is 0 Å². The molecule has 0 amide bonds. The van der Waals surface area contributed by atoms with Crippen LogP contribution < -0.4 is 0 Å². The van der Waals surface area contributed by atoms with Crippen molar-refractivity contribution in [1.29, 1.82) is 0 Å². The maximum absolute atomic E-state index is 6.60. The number of allylic oxidation sites excluding steroid dienone is 6. The first-order valence-corrected chi connectivity index (χ1v) is 13.1. The molecule has 6 aliphatic rings. The summed E-state index contributed by atoms with van der Waals surface area (Å²) in [7, 11) is 0. The van der Waals surface area contributed by atoms with Gasteiger partial charge >= 0.3 is 0 Å². The van der Waals surface area contributed by atoms with E-state index in [0.29, 0.717) is 31.0 Å². The summed E-state index contributed by atoms with van der Waals surface area (Å²) in [4.78, 5) is 0. The monoisotopic (exact) mass is 458 g/mol. The summed E-state index contributed by atoms with van der Waals surface area (Å²) in [6.07, 6.45) is 22.1. The Bertz CT molecular complexity index is 699. The second kappa shape index (κ2) is 10.3. The van der Waals surface area contributed by atoms with Gasteiger partial charge in [-0.25, -0.2) is 0 Å². The summed E-state index contributed by atoms with van der Waals surface area (Å²) < 4.78 is 38.4. The average molecular weight is 459 g/mol. The van der Waals surface area contributed by atoms with Crippen LogP contribution in [0.1, 0.15) is 57.8 Å². The number of rotatable bonds is 5. The first kappa shape index (κ1) is 22.4. The Morgan fingerprint density at radius 3 is 1.27 bits per heavy atom. The van der Waals surface area contributed by atoms with Crippen LogP contribution in [0.2, 0.25) is 0 Å². The van der Waals surface area contributed by atoms with Crippen LogP contribution in [0.5, 0.6) is 0 Å². The topological polar surface area (TPSA) is 55.4 Å². The molecule has 3 fully saturated rings. The fourth-order valence-electron chi connectivity index (χ4n) is 6.23. The Labute approximate surface area is 197 Å². The maximum atomic E-state index is 6.60. The minimum absolute atomic E-state index is 0.129. The van der Waals surface area contributed by atoms with Crippen molar-refractivity contribution < 1.29 is 28.4 Å². The van der Waals surface area contributed by atoms with Gasteiger partial charge in [-0.3, -0.25) is 0 Å². The maximum Gasteiger partial charge on any atom is 0.161 e. The fourth-order valence-corrected chi connectivity index (χ4v) is 6.23. The molecule has 9 atom stereocenters. The Balaban J connectivity index is 1.14. The van der Waals surface area contributed by atoms with Gasteiger partial charge in [0.2, 0.25) is 0 Å². The van der Waals surface area contributed by atoms with Crippen LogP contribution in [0.15, 0.2) is 36.5 Å². The normalized spacial score (nSPS) is 48.0. The Hall–Kier alpha value is -1.02. The Morgan fingerprint density at radius 2 is 0.879 bits per heavy atom. The smallest absolute Gasteiger partial charge is 0.161 e. The SMILES string of the molecule is C1=CCC(C2OCC(C3OC(C4CC=CCC4)OC3C3COC(C4CC=CCC4)O3)O2)CC1. The molecule has 0 saturated carbocycles. The lowest BCUT2D eigenvalue weighted by atomic mass is 9.94. The average Bonchev–Trinajstić information content (AvgIpc) is 3.65. The van der Waals surface area contributed by atoms with E-state index in [-0.39, 0.29) is 43.3 Å². The number of hydrogen-bond acceptors (Lipinski definition) is 6. The third kappa shape index (κ3) is 4.89. The molecule has 6 heteroatoms. The van der Waals surface area contributed by atoms with Crippen molar-refractivity contribution in [1.82, 2.24) is 0 Å². The van der Waals surface area contributed by atoms with Crippen molar-refractivity contribution in [2.24, 2.45) is 17.8 Å². The van der Waals surface area contributed by atoms with Gasteiger partial charge in [0, 0.05) is 17.8 Å². The van der Waals surface area contributed by atoms with Crippen molar-refractivity contribution in [3.63, 3.8) is 0 Å². The molecule has 9 unspecified atom stereocenters. The zero-order valence-electron chi connectivity index (χ0n) is 19.5. The summed E-state index contributed by atoms with van der Waals surface area (Å²) in [6, 6.07) is 0. The van der Waals surface area contributed by atoms with Crippen LogP contribution in [0.3, 0.4) is 0 Å². The lowest BCUT2D eigenvalue weighted by Crippen LogP contribution is -2.45. The highest BCUT2D eigenvalue weighted by Gasteiger charge is 2.52. The molecule has 3 saturated heterocycles. The van der Waals surface area contributed by atoms with Gasteiger partial charge in [-0.2, -0.15) is 0 Å². The van der Waals surface area contributed by atoms with E-state index in [1.807, 2.05) is 0 Å². The second-order valence-corrected chi connectivity index (χ2v) is 10.5. The van der Waals surface area contributed by atoms with Gasteiger partial charge in [0.25, 0.3) is 0 Å². The zero-order valence-corrected chi connectivity index (χ0v) is 19.5. The van der Waals surface area contributed by atoms with E-state index in [1.54, 1.807) is 0 Å². The predicted octanol–water partition coefficient (Wildman–Crippen LogP) is 4.65. The number of ether oxygens (including phenoxy) is 6. The van der Waals surface area contributed by atoms with E-state index in [9.17, 15) is 0 Å². The highest BCUT2D eigenvalue weighted by molar-refractivity contribution is 4.99. The van der Waals surface area contributed by atoms with Crippen LogP contribution in [0, 0.1) is 17.8 Å². The summed E-state index contributed by atoms with van der Waals surface area (Å²) in [5.74, 6) is 1.23. The predicted molar refractivity (Wildman–Crippen MR) is 122 cm³/mol. The van der Waals surface area contributed by atoms with E-state index in [4.69, 9.17) is 28.4 Å². The molecule has 6 rings (SSSR count). The number of hydrogen-bond donors (Lipinski definition) is 0.